The number of likely N-dealkylation sites (tertiary alicyclic amines) is 1. The van der Waals surface area contributed by atoms with Crippen LogP contribution in [0.25, 0.3) is 0 Å². The van der Waals surface area contributed by atoms with Crippen LogP contribution in [0.3, 0.4) is 0 Å². The zero-order valence-electron chi connectivity index (χ0n) is 15.6. The van der Waals surface area contributed by atoms with Crippen molar-refractivity contribution >= 4 is 29.1 Å². The Balaban J connectivity index is 1.41. The second-order valence-electron chi connectivity index (χ2n) is 6.53. The predicted molar refractivity (Wildman–Crippen MR) is 113 cm³/mol. The summed E-state index contributed by atoms with van der Waals surface area (Å²) in [5, 5.41) is 6.92. The minimum Gasteiger partial charge on any atom is -0.356 e. The van der Waals surface area contributed by atoms with Crippen LogP contribution in [0.4, 0.5) is 0 Å². The van der Waals surface area contributed by atoms with E-state index in [0.29, 0.717) is 0 Å². The molecule has 1 aliphatic heterocycles. The molecule has 0 saturated carbocycles. The Bertz CT molecular complexity index is 699. The number of benzene rings is 1. The summed E-state index contributed by atoms with van der Waals surface area (Å²) in [6, 6.07) is 10.7. The first kappa shape index (κ1) is 19.2. The van der Waals surface area contributed by atoms with E-state index in [2.05, 4.69) is 62.8 Å². The number of hydrogen-bond donors (Lipinski definition) is 1. The summed E-state index contributed by atoms with van der Waals surface area (Å²) in [5.41, 5.74) is 1.19. The van der Waals surface area contributed by atoms with Crippen LogP contribution in [-0.4, -0.2) is 48.3 Å². The quantitative estimate of drug-likeness (QED) is 0.443. The molecule has 140 valence electrons. The Morgan fingerprint density at radius 2 is 2.23 bits per heavy atom. The first-order valence-corrected chi connectivity index (χ1v) is 11.2. The van der Waals surface area contributed by atoms with Crippen LogP contribution in [0.2, 0.25) is 0 Å². The summed E-state index contributed by atoms with van der Waals surface area (Å²) in [7, 11) is 1.88. The lowest BCUT2D eigenvalue weighted by Crippen LogP contribution is -2.41. The first-order chi connectivity index (χ1) is 12.8. The summed E-state index contributed by atoms with van der Waals surface area (Å²) >= 11 is 3.73. The van der Waals surface area contributed by atoms with Crippen molar-refractivity contribution in [1.82, 2.24) is 15.2 Å². The Labute approximate surface area is 165 Å². The molecule has 6 heteroatoms. The van der Waals surface area contributed by atoms with Crippen molar-refractivity contribution in [3.8, 4) is 0 Å². The van der Waals surface area contributed by atoms with Gasteiger partial charge in [0, 0.05) is 49.1 Å². The molecule has 0 bridgehead atoms. The van der Waals surface area contributed by atoms with Gasteiger partial charge in [0.05, 0.1) is 10.7 Å². The molecular formula is C20H28N4S2. The van der Waals surface area contributed by atoms with Gasteiger partial charge < -0.3 is 10.2 Å². The summed E-state index contributed by atoms with van der Waals surface area (Å²) in [4.78, 5) is 12.9. The molecule has 1 aromatic carbocycles. The molecule has 1 aliphatic rings. The topological polar surface area (TPSA) is 40.5 Å². The Kier molecular flexibility index (Phi) is 7.38. The number of aliphatic imine (C=N–C) groups is 1. The van der Waals surface area contributed by atoms with E-state index in [0.717, 1.165) is 44.4 Å². The van der Waals surface area contributed by atoms with Crippen LogP contribution in [0.1, 0.15) is 24.0 Å². The molecule has 0 spiro atoms. The molecular weight excluding hydrogens is 360 g/mol. The molecule has 2 heterocycles. The monoisotopic (exact) mass is 388 g/mol. The predicted octanol–water partition coefficient (Wildman–Crippen LogP) is 3.94. The second kappa shape index (κ2) is 9.97. The molecule has 1 N–H and O–H groups in total. The summed E-state index contributed by atoms with van der Waals surface area (Å²) in [6.45, 7) is 5.23. The zero-order chi connectivity index (χ0) is 18.2. The lowest BCUT2D eigenvalue weighted by atomic mass is 10.2. The number of thioether (sulfide) groups is 1. The maximum atomic E-state index is 4.64. The third kappa shape index (κ3) is 5.48. The fourth-order valence-electron chi connectivity index (χ4n) is 3.15. The molecule has 1 saturated heterocycles. The van der Waals surface area contributed by atoms with Gasteiger partial charge in [0.1, 0.15) is 0 Å². The highest BCUT2D eigenvalue weighted by atomic mass is 32.2. The average Bonchev–Trinajstić information content (AvgIpc) is 3.34. The molecule has 26 heavy (non-hydrogen) atoms. The van der Waals surface area contributed by atoms with Gasteiger partial charge in [0.2, 0.25) is 0 Å². The fraction of sp³-hybridized carbons (Fsp3) is 0.500. The largest absolute Gasteiger partial charge is 0.356 e. The van der Waals surface area contributed by atoms with Gasteiger partial charge in [0.25, 0.3) is 0 Å². The van der Waals surface area contributed by atoms with Crippen molar-refractivity contribution in [1.29, 1.82) is 0 Å². The lowest BCUT2D eigenvalue weighted by Gasteiger charge is -2.21. The molecule has 0 radical (unpaired) electrons. The van der Waals surface area contributed by atoms with E-state index in [-0.39, 0.29) is 0 Å². The summed E-state index contributed by atoms with van der Waals surface area (Å²) in [6.07, 6.45) is 3.22. The number of thiazole rings is 1. The molecule has 0 amide bonds. The molecule has 1 fully saturated rings. The lowest BCUT2D eigenvalue weighted by molar-refractivity contribution is 0.474. The average molecular weight is 389 g/mol. The van der Waals surface area contributed by atoms with Crippen LogP contribution in [0.15, 0.2) is 45.6 Å². The SMILES string of the molecule is CCc1nc(CCNC(=NC)N2CCC(CSc3ccccc3)C2)cs1. The highest BCUT2D eigenvalue weighted by molar-refractivity contribution is 7.99. The smallest absolute Gasteiger partial charge is 0.193 e. The summed E-state index contributed by atoms with van der Waals surface area (Å²) in [5.74, 6) is 2.93. The fourth-order valence-corrected chi connectivity index (χ4v) is 4.98. The Hall–Kier alpha value is -1.53. The zero-order valence-corrected chi connectivity index (χ0v) is 17.3. The van der Waals surface area contributed by atoms with E-state index in [4.69, 9.17) is 0 Å². The van der Waals surface area contributed by atoms with Crippen LogP contribution in [0, 0.1) is 5.92 Å². The van der Waals surface area contributed by atoms with Crippen LogP contribution in [-0.2, 0) is 12.8 Å². The maximum Gasteiger partial charge on any atom is 0.193 e. The highest BCUT2D eigenvalue weighted by Gasteiger charge is 2.24. The van der Waals surface area contributed by atoms with E-state index in [9.17, 15) is 0 Å². The molecule has 0 aliphatic carbocycles. The van der Waals surface area contributed by atoms with Gasteiger partial charge in [0.15, 0.2) is 5.96 Å². The molecule has 1 atom stereocenters. The minimum absolute atomic E-state index is 0.726. The Morgan fingerprint density at radius 3 is 2.96 bits per heavy atom. The minimum atomic E-state index is 0.726. The van der Waals surface area contributed by atoms with E-state index in [1.807, 2.05) is 18.8 Å². The number of hydrogen-bond acceptors (Lipinski definition) is 4. The van der Waals surface area contributed by atoms with E-state index in [1.165, 1.54) is 27.8 Å². The molecule has 4 nitrogen and oxygen atoms in total. The third-order valence-corrected chi connectivity index (χ3v) is 6.88. The van der Waals surface area contributed by atoms with Crippen molar-refractivity contribution in [3.05, 3.63) is 46.4 Å². The van der Waals surface area contributed by atoms with E-state index in [1.54, 1.807) is 11.3 Å². The van der Waals surface area contributed by atoms with Gasteiger partial charge in [-0.05, 0) is 30.9 Å². The van der Waals surface area contributed by atoms with Gasteiger partial charge in [-0.3, -0.25) is 4.99 Å². The van der Waals surface area contributed by atoms with Crippen molar-refractivity contribution in [2.75, 3.05) is 32.4 Å². The van der Waals surface area contributed by atoms with Gasteiger partial charge in [-0.15, -0.1) is 23.1 Å². The molecule has 2 aromatic rings. The third-order valence-electron chi connectivity index (χ3n) is 4.59. The maximum absolute atomic E-state index is 4.64. The normalized spacial score (nSPS) is 17.7. The van der Waals surface area contributed by atoms with Crippen LogP contribution >= 0.6 is 23.1 Å². The van der Waals surface area contributed by atoms with E-state index < -0.39 is 0 Å². The molecule has 1 aromatic heterocycles. The molecule has 3 rings (SSSR count). The number of aryl methyl sites for hydroxylation is 1. The van der Waals surface area contributed by atoms with Crippen LogP contribution < -0.4 is 5.32 Å². The van der Waals surface area contributed by atoms with Gasteiger partial charge in [-0.25, -0.2) is 4.98 Å². The first-order valence-electron chi connectivity index (χ1n) is 9.35. The van der Waals surface area contributed by atoms with Gasteiger partial charge in [-0.1, -0.05) is 25.1 Å². The Morgan fingerprint density at radius 1 is 1.38 bits per heavy atom. The van der Waals surface area contributed by atoms with Crippen molar-refractivity contribution in [2.45, 2.75) is 31.1 Å². The number of nitrogens with zero attached hydrogens (tertiary/aromatic N) is 3. The van der Waals surface area contributed by atoms with Crippen molar-refractivity contribution in [3.63, 3.8) is 0 Å². The number of aromatic nitrogens is 1. The summed E-state index contributed by atoms with van der Waals surface area (Å²) < 4.78 is 0. The van der Waals surface area contributed by atoms with Gasteiger partial charge >= 0.3 is 0 Å². The van der Waals surface area contributed by atoms with Crippen molar-refractivity contribution < 1.29 is 0 Å². The number of guanidine groups is 1. The standard InChI is InChI=1S/C20H28N4S2/c1-3-19-23-17(15-26-19)9-11-22-20(21-2)24-12-10-16(13-24)14-25-18-7-5-4-6-8-18/h4-8,15-16H,3,9-14H2,1-2H3,(H,21,22). The van der Waals surface area contributed by atoms with Crippen molar-refractivity contribution in [2.24, 2.45) is 10.9 Å². The number of nitrogens with one attached hydrogen (secondary N) is 1. The number of rotatable bonds is 7. The highest BCUT2D eigenvalue weighted by Crippen LogP contribution is 2.25. The second-order valence-corrected chi connectivity index (χ2v) is 8.57. The molecule has 1 unspecified atom stereocenters. The van der Waals surface area contributed by atoms with E-state index >= 15 is 0 Å². The van der Waals surface area contributed by atoms with Crippen LogP contribution in [0.5, 0.6) is 0 Å². The van der Waals surface area contributed by atoms with Gasteiger partial charge in [-0.2, -0.15) is 0 Å².